The normalized spacial score (nSPS) is 31.3. The van der Waals surface area contributed by atoms with Gasteiger partial charge in [-0.1, -0.05) is 50.3 Å². The van der Waals surface area contributed by atoms with Crippen LogP contribution in [0.1, 0.15) is 69.9 Å². The molecule has 0 aromatic heterocycles. The number of nitrogens with one attached hydrogen (secondary N) is 1. The zero-order valence-corrected chi connectivity index (χ0v) is 23.8. The molecule has 0 unspecified atom stereocenters. The fraction of sp³-hybridized carbons (Fsp3) is 0.655. The summed E-state index contributed by atoms with van der Waals surface area (Å²) in [5, 5.41) is 14.8. The minimum absolute atomic E-state index is 0.00532. The van der Waals surface area contributed by atoms with E-state index in [1.54, 1.807) is 4.31 Å². The van der Waals surface area contributed by atoms with E-state index in [-0.39, 0.29) is 36.5 Å². The van der Waals surface area contributed by atoms with Gasteiger partial charge in [0.1, 0.15) is 0 Å². The third-order valence-electron chi connectivity index (χ3n) is 10.8. The van der Waals surface area contributed by atoms with Crippen LogP contribution in [0.5, 0.6) is 0 Å². The van der Waals surface area contributed by atoms with Crippen LogP contribution in [-0.4, -0.2) is 66.7 Å². The highest BCUT2D eigenvalue weighted by Gasteiger charge is 2.72. The Labute approximate surface area is 231 Å². The number of hydrogen-bond donors (Lipinski definition) is 4. The van der Waals surface area contributed by atoms with Crippen LogP contribution in [0.2, 0.25) is 0 Å². The predicted molar refractivity (Wildman–Crippen MR) is 150 cm³/mol. The van der Waals surface area contributed by atoms with E-state index in [9.17, 15) is 23.1 Å². The summed E-state index contributed by atoms with van der Waals surface area (Å²) < 4.78 is 29.6. The molecule has 9 nitrogen and oxygen atoms in total. The molecule has 3 fully saturated rings. The van der Waals surface area contributed by atoms with Crippen molar-refractivity contribution in [1.29, 1.82) is 0 Å². The van der Waals surface area contributed by atoms with Crippen LogP contribution in [0.3, 0.4) is 0 Å². The Kier molecular flexibility index (Phi) is 7.01. The van der Waals surface area contributed by atoms with Gasteiger partial charge in [-0.25, -0.2) is 12.7 Å². The molecule has 214 valence electrons. The summed E-state index contributed by atoms with van der Waals surface area (Å²) in [5.74, 6) is -1.01. The van der Waals surface area contributed by atoms with Crippen molar-refractivity contribution in [2.24, 2.45) is 28.2 Å². The zero-order valence-electron chi connectivity index (χ0n) is 23.0. The Bertz CT molecular complexity index is 1290. The molecule has 6 N–H and O–H groups in total. The van der Waals surface area contributed by atoms with Gasteiger partial charge < -0.3 is 21.9 Å². The van der Waals surface area contributed by atoms with Gasteiger partial charge in [0.25, 0.3) is 0 Å². The number of hydrogen-bond acceptors (Lipinski definition) is 6. The molecule has 39 heavy (non-hydrogen) atoms. The number of nitrogens with two attached hydrogens (primary N) is 2. The first-order valence-corrected chi connectivity index (χ1v) is 15.7. The zero-order chi connectivity index (χ0) is 28.3. The van der Waals surface area contributed by atoms with Gasteiger partial charge in [-0.05, 0) is 61.0 Å². The maximum absolute atomic E-state index is 14.0. The van der Waals surface area contributed by atoms with Crippen LogP contribution in [-0.2, 0) is 25.0 Å². The van der Waals surface area contributed by atoms with Crippen molar-refractivity contribution in [3.05, 3.63) is 41.5 Å². The third kappa shape index (κ3) is 4.53. The number of sulfonamides is 1. The van der Waals surface area contributed by atoms with Gasteiger partial charge >= 0.3 is 0 Å². The van der Waals surface area contributed by atoms with Crippen LogP contribution < -0.4 is 16.8 Å². The molecule has 2 amide bonds. The standard InChI is InChI=1S/C29H42N4O5S/c1-26(2)21-10-12-28(26,29(36,17-21)18-32-25(35)23(30)7-8-24(31)34)19-39(37,38)33-15-13-27(14-16-33)11-9-20-5-3-4-6-22(20)27/h3-6,9,11,21,23,36H,7-8,10,12-19,30H2,1-2H3,(H2,31,34)(H,32,35)/t21-,23+,28+,29-/m1/s1. The van der Waals surface area contributed by atoms with E-state index < -0.39 is 44.3 Å². The highest BCUT2D eigenvalue weighted by Crippen LogP contribution is 2.70. The van der Waals surface area contributed by atoms with E-state index >= 15 is 0 Å². The largest absolute Gasteiger partial charge is 0.387 e. The first-order chi connectivity index (χ1) is 18.3. The molecule has 3 aliphatic carbocycles. The number of fused-ring (bicyclic) bond motifs is 4. The number of primary amides is 1. The van der Waals surface area contributed by atoms with Crippen molar-refractivity contribution in [3.63, 3.8) is 0 Å². The molecule has 1 heterocycles. The molecule has 1 saturated heterocycles. The fourth-order valence-electron chi connectivity index (χ4n) is 8.15. The van der Waals surface area contributed by atoms with E-state index in [0.29, 0.717) is 25.9 Å². The predicted octanol–water partition coefficient (Wildman–Crippen LogP) is 1.64. The van der Waals surface area contributed by atoms with E-state index in [4.69, 9.17) is 11.5 Å². The van der Waals surface area contributed by atoms with Crippen LogP contribution >= 0.6 is 0 Å². The maximum Gasteiger partial charge on any atom is 0.237 e. The Hall–Kier alpha value is -2.27. The van der Waals surface area contributed by atoms with Crippen LogP contribution in [0.15, 0.2) is 30.3 Å². The number of carbonyl (C=O) groups is 2. The summed E-state index contributed by atoms with van der Waals surface area (Å²) >= 11 is 0. The van der Waals surface area contributed by atoms with Crippen molar-refractivity contribution in [1.82, 2.24) is 9.62 Å². The molecular formula is C29H42N4O5S. The van der Waals surface area contributed by atoms with Crippen molar-refractivity contribution >= 4 is 27.9 Å². The molecule has 0 radical (unpaired) electrons. The van der Waals surface area contributed by atoms with Crippen molar-refractivity contribution < 1.29 is 23.1 Å². The molecule has 10 heteroatoms. The van der Waals surface area contributed by atoms with Gasteiger partial charge in [-0.3, -0.25) is 9.59 Å². The first kappa shape index (κ1) is 28.3. The summed E-state index contributed by atoms with van der Waals surface area (Å²) in [6.07, 6.45) is 7.79. The van der Waals surface area contributed by atoms with E-state index in [1.807, 2.05) is 12.1 Å². The smallest absolute Gasteiger partial charge is 0.237 e. The van der Waals surface area contributed by atoms with Gasteiger partial charge in [0, 0.05) is 36.9 Å². The van der Waals surface area contributed by atoms with Crippen molar-refractivity contribution in [3.8, 4) is 0 Å². The van der Waals surface area contributed by atoms with Gasteiger partial charge in [-0.2, -0.15) is 0 Å². The molecule has 4 aliphatic rings. The summed E-state index contributed by atoms with van der Waals surface area (Å²) in [7, 11) is -3.69. The SMILES string of the molecule is CC1(C)[C@@H]2CC[C@@]1(CS(=O)(=O)N1CCC3(C=Cc4ccccc43)CC1)[C@](O)(CNC(=O)[C@@H](N)CCC(N)=O)C2. The van der Waals surface area contributed by atoms with E-state index in [2.05, 4.69) is 43.4 Å². The van der Waals surface area contributed by atoms with Crippen LogP contribution in [0.25, 0.3) is 6.08 Å². The number of benzene rings is 1. The molecule has 1 spiro atoms. The second-order valence-electron chi connectivity index (χ2n) is 12.8. The monoisotopic (exact) mass is 558 g/mol. The Morgan fingerprint density at radius 1 is 1.18 bits per heavy atom. The lowest BCUT2D eigenvalue weighted by Gasteiger charge is -2.49. The highest BCUT2D eigenvalue weighted by molar-refractivity contribution is 7.89. The van der Waals surface area contributed by atoms with E-state index in [1.165, 1.54) is 11.1 Å². The molecule has 1 aromatic rings. The molecular weight excluding hydrogens is 516 g/mol. The lowest BCUT2D eigenvalue weighted by atomic mass is 9.64. The van der Waals surface area contributed by atoms with Crippen LogP contribution in [0, 0.1) is 16.7 Å². The molecule has 5 rings (SSSR count). The second kappa shape index (κ2) is 9.68. The number of allylic oxidation sites excluding steroid dienone is 1. The highest BCUT2D eigenvalue weighted by atomic mass is 32.2. The molecule has 1 aliphatic heterocycles. The Morgan fingerprint density at radius 3 is 2.54 bits per heavy atom. The number of nitrogens with zero attached hydrogens (tertiary/aromatic N) is 1. The number of carbonyl (C=O) groups excluding carboxylic acids is 2. The maximum atomic E-state index is 14.0. The first-order valence-electron chi connectivity index (χ1n) is 14.1. The third-order valence-corrected chi connectivity index (χ3v) is 12.8. The average Bonchev–Trinajstić information content (AvgIpc) is 3.41. The molecule has 2 bridgehead atoms. The summed E-state index contributed by atoms with van der Waals surface area (Å²) in [6, 6.07) is 7.39. The molecule has 1 aromatic carbocycles. The summed E-state index contributed by atoms with van der Waals surface area (Å²) in [6.45, 7) is 4.92. The number of piperidine rings is 1. The van der Waals surface area contributed by atoms with Crippen LogP contribution in [0.4, 0.5) is 0 Å². The Balaban J connectivity index is 1.31. The molecule has 2 saturated carbocycles. The lowest BCUT2D eigenvalue weighted by Crippen LogP contribution is -2.60. The minimum Gasteiger partial charge on any atom is -0.387 e. The topological polar surface area (TPSA) is 156 Å². The minimum atomic E-state index is -3.69. The lowest BCUT2D eigenvalue weighted by molar-refractivity contribution is -0.127. The van der Waals surface area contributed by atoms with Crippen molar-refractivity contribution in [2.75, 3.05) is 25.4 Å². The quantitative estimate of drug-likeness (QED) is 0.361. The number of aliphatic hydroxyl groups is 1. The Morgan fingerprint density at radius 2 is 1.87 bits per heavy atom. The number of amides is 2. The van der Waals surface area contributed by atoms with Crippen molar-refractivity contribution in [2.45, 2.75) is 75.9 Å². The summed E-state index contributed by atoms with van der Waals surface area (Å²) in [5.41, 5.74) is 10.8. The van der Waals surface area contributed by atoms with Gasteiger partial charge in [0.15, 0.2) is 0 Å². The van der Waals surface area contributed by atoms with Gasteiger partial charge in [0.05, 0.1) is 17.4 Å². The van der Waals surface area contributed by atoms with E-state index in [0.717, 1.165) is 19.3 Å². The second-order valence-corrected chi connectivity index (χ2v) is 14.8. The molecule has 4 atom stereocenters. The summed E-state index contributed by atoms with van der Waals surface area (Å²) in [4.78, 5) is 23.7. The fourth-order valence-corrected chi connectivity index (χ4v) is 10.5. The average molecular weight is 559 g/mol. The number of rotatable bonds is 9. The van der Waals surface area contributed by atoms with Gasteiger partial charge in [-0.15, -0.1) is 0 Å². The van der Waals surface area contributed by atoms with Gasteiger partial charge in [0.2, 0.25) is 21.8 Å².